The third-order valence-corrected chi connectivity index (χ3v) is 5.42. The molecule has 1 heterocycles. The molecule has 1 saturated carbocycles. The molecule has 1 aromatic rings. The van der Waals surface area contributed by atoms with Crippen LogP contribution in [0.2, 0.25) is 0 Å². The normalized spacial score (nSPS) is 17.7. The fraction of sp³-hybridized carbons (Fsp3) is 0.769. The minimum absolute atomic E-state index is 0.118. The first-order chi connectivity index (χ1) is 9.73. The smallest absolute Gasteiger partial charge is 0.327 e. The summed E-state index contributed by atoms with van der Waals surface area (Å²) in [6.45, 7) is 5.21. The van der Waals surface area contributed by atoms with Crippen molar-refractivity contribution in [3.63, 3.8) is 0 Å². The number of esters is 1. The summed E-state index contributed by atoms with van der Waals surface area (Å²) in [5.74, 6) is 0.924. The van der Waals surface area contributed by atoms with E-state index < -0.39 is 5.54 Å². The van der Waals surface area contributed by atoms with Crippen molar-refractivity contribution in [1.29, 1.82) is 0 Å². The monoisotopic (exact) mass is 315 g/mol. The summed E-state index contributed by atoms with van der Waals surface area (Å²) in [5, 5.41) is 11.3. The first-order valence-electron chi connectivity index (χ1n) is 7.04. The molecule has 1 aliphatic rings. The van der Waals surface area contributed by atoms with Gasteiger partial charge in [0.2, 0.25) is 0 Å². The molecule has 0 radical (unpaired) electrons. The van der Waals surface area contributed by atoms with Crippen molar-refractivity contribution in [3.05, 3.63) is 5.51 Å². The number of hydrogen-bond acceptors (Lipinski definition) is 7. The fourth-order valence-corrected chi connectivity index (χ4v) is 3.96. The maximum Gasteiger partial charge on any atom is 0.327 e. The number of nitrogens with one attached hydrogen (secondary N) is 1. The van der Waals surface area contributed by atoms with Crippen LogP contribution in [0, 0.1) is 5.92 Å². The molecular weight excluding hydrogens is 294 g/mol. The molecule has 7 heteroatoms. The van der Waals surface area contributed by atoms with Crippen molar-refractivity contribution in [2.45, 2.75) is 43.0 Å². The van der Waals surface area contributed by atoms with Gasteiger partial charge in [0, 0.05) is 5.75 Å². The zero-order valence-electron chi connectivity index (χ0n) is 11.9. The van der Waals surface area contributed by atoms with Crippen molar-refractivity contribution in [2.75, 3.05) is 18.9 Å². The summed E-state index contributed by atoms with van der Waals surface area (Å²) in [7, 11) is 0. The lowest BCUT2D eigenvalue weighted by molar-refractivity contribution is -0.151. The van der Waals surface area contributed by atoms with Crippen LogP contribution in [0.15, 0.2) is 9.85 Å². The van der Waals surface area contributed by atoms with Gasteiger partial charge in [-0.2, -0.15) is 0 Å². The van der Waals surface area contributed by atoms with Crippen LogP contribution < -0.4 is 5.32 Å². The van der Waals surface area contributed by atoms with Crippen molar-refractivity contribution < 1.29 is 9.53 Å². The van der Waals surface area contributed by atoms with Gasteiger partial charge in [0.25, 0.3) is 0 Å². The molecule has 2 rings (SSSR count). The molecule has 0 saturated heterocycles. The van der Waals surface area contributed by atoms with Gasteiger partial charge in [-0.1, -0.05) is 30.0 Å². The molecule has 0 aromatic carbocycles. The largest absolute Gasteiger partial charge is 0.465 e. The molecule has 0 aliphatic heterocycles. The van der Waals surface area contributed by atoms with Gasteiger partial charge in [-0.05, 0) is 38.6 Å². The van der Waals surface area contributed by atoms with Gasteiger partial charge in [-0.3, -0.25) is 4.79 Å². The Bertz CT molecular complexity index is 423. The summed E-state index contributed by atoms with van der Waals surface area (Å²) in [6, 6.07) is 0. The highest BCUT2D eigenvalue weighted by Gasteiger charge is 2.51. The predicted molar refractivity (Wildman–Crippen MR) is 81.0 cm³/mol. The van der Waals surface area contributed by atoms with E-state index in [4.69, 9.17) is 4.74 Å². The van der Waals surface area contributed by atoms with Crippen LogP contribution in [0.25, 0.3) is 0 Å². The van der Waals surface area contributed by atoms with Crippen LogP contribution in [0.5, 0.6) is 0 Å². The van der Waals surface area contributed by atoms with Crippen LogP contribution in [-0.2, 0) is 9.53 Å². The number of aromatic nitrogens is 2. The third kappa shape index (κ3) is 3.71. The highest BCUT2D eigenvalue weighted by Crippen LogP contribution is 2.43. The fourth-order valence-electron chi connectivity index (χ4n) is 2.20. The van der Waals surface area contributed by atoms with Crippen LogP contribution in [0.1, 0.15) is 33.1 Å². The Morgan fingerprint density at radius 2 is 2.40 bits per heavy atom. The van der Waals surface area contributed by atoms with Crippen molar-refractivity contribution >= 4 is 29.1 Å². The number of carbonyl (C=O) groups excluding carboxylic acids is 1. The number of rotatable bonds is 9. The van der Waals surface area contributed by atoms with Gasteiger partial charge in [-0.15, -0.1) is 10.2 Å². The molecule has 1 aromatic heterocycles. The number of carbonyl (C=O) groups is 1. The lowest BCUT2D eigenvalue weighted by Gasteiger charge is -2.32. The molecular formula is C13H21N3O2S2. The average Bonchev–Trinajstić information content (AvgIpc) is 3.16. The van der Waals surface area contributed by atoms with Gasteiger partial charge >= 0.3 is 5.97 Å². The Morgan fingerprint density at radius 1 is 1.60 bits per heavy atom. The van der Waals surface area contributed by atoms with E-state index in [2.05, 4.69) is 22.4 Å². The average molecular weight is 315 g/mol. The van der Waals surface area contributed by atoms with Gasteiger partial charge in [-0.25, -0.2) is 0 Å². The third-order valence-electron chi connectivity index (χ3n) is 3.37. The summed E-state index contributed by atoms with van der Waals surface area (Å²) in [6.07, 6.45) is 3.18. The number of hydrogen-bond donors (Lipinski definition) is 1. The molecule has 0 spiro atoms. The van der Waals surface area contributed by atoms with Crippen molar-refractivity contribution in [1.82, 2.24) is 15.5 Å². The Morgan fingerprint density at radius 3 is 2.95 bits per heavy atom. The molecule has 1 atom stereocenters. The van der Waals surface area contributed by atoms with E-state index in [9.17, 15) is 4.79 Å². The number of nitrogens with zero attached hydrogens (tertiary/aromatic N) is 2. The Hall–Kier alpha value is -0.660. The Balaban J connectivity index is 2.09. The van der Waals surface area contributed by atoms with E-state index in [0.717, 1.165) is 30.1 Å². The summed E-state index contributed by atoms with van der Waals surface area (Å²) < 4.78 is 6.23. The Labute approximate surface area is 127 Å². The summed E-state index contributed by atoms with van der Waals surface area (Å²) in [5.41, 5.74) is 1.15. The zero-order chi connectivity index (χ0) is 14.4. The van der Waals surface area contributed by atoms with E-state index in [1.54, 1.807) is 17.3 Å². The second kappa shape index (κ2) is 7.38. The lowest BCUT2D eigenvalue weighted by atomic mass is 9.95. The minimum atomic E-state index is -0.567. The molecule has 1 fully saturated rings. The summed E-state index contributed by atoms with van der Waals surface area (Å²) in [4.78, 5) is 12.5. The van der Waals surface area contributed by atoms with Gasteiger partial charge in [0.05, 0.1) is 6.61 Å². The van der Waals surface area contributed by atoms with Crippen LogP contribution in [0.4, 0.5) is 0 Å². The van der Waals surface area contributed by atoms with E-state index in [1.165, 1.54) is 11.3 Å². The first-order valence-corrected chi connectivity index (χ1v) is 8.90. The molecule has 0 bridgehead atoms. The van der Waals surface area contributed by atoms with Crippen molar-refractivity contribution in [2.24, 2.45) is 5.92 Å². The highest BCUT2D eigenvalue weighted by molar-refractivity contribution is 8.01. The Kier molecular flexibility index (Phi) is 5.80. The van der Waals surface area contributed by atoms with Crippen molar-refractivity contribution in [3.8, 4) is 0 Å². The van der Waals surface area contributed by atoms with Gasteiger partial charge in [0.1, 0.15) is 11.0 Å². The first kappa shape index (κ1) is 15.7. The van der Waals surface area contributed by atoms with Crippen LogP contribution in [0.3, 0.4) is 0 Å². The molecule has 20 heavy (non-hydrogen) atoms. The maximum atomic E-state index is 12.5. The predicted octanol–water partition coefficient (Wildman–Crippen LogP) is 2.34. The number of thioether (sulfide) groups is 1. The van der Waals surface area contributed by atoms with Crippen LogP contribution >= 0.6 is 23.1 Å². The molecule has 1 aliphatic carbocycles. The zero-order valence-corrected chi connectivity index (χ0v) is 13.6. The second-order valence-corrected chi connectivity index (χ2v) is 6.94. The minimum Gasteiger partial charge on any atom is -0.465 e. The summed E-state index contributed by atoms with van der Waals surface area (Å²) >= 11 is 3.09. The number of ether oxygens (including phenoxy) is 1. The molecule has 0 amide bonds. The quantitative estimate of drug-likeness (QED) is 0.557. The highest BCUT2D eigenvalue weighted by atomic mass is 32.2. The second-order valence-electron chi connectivity index (χ2n) is 4.89. The SMILES string of the molecule is CCCNC(CSc1nncs1)(C(=O)OCC)C1CC1. The van der Waals surface area contributed by atoms with Gasteiger partial charge < -0.3 is 10.1 Å². The van der Waals surface area contributed by atoms with Gasteiger partial charge in [0.15, 0.2) is 4.34 Å². The van der Waals surface area contributed by atoms with E-state index >= 15 is 0 Å². The van der Waals surface area contributed by atoms with E-state index in [0.29, 0.717) is 18.3 Å². The van der Waals surface area contributed by atoms with E-state index in [-0.39, 0.29) is 5.97 Å². The lowest BCUT2D eigenvalue weighted by Crippen LogP contribution is -2.57. The molecule has 1 unspecified atom stereocenters. The molecule has 5 nitrogen and oxygen atoms in total. The van der Waals surface area contributed by atoms with E-state index in [1.807, 2.05) is 6.92 Å². The topological polar surface area (TPSA) is 64.1 Å². The van der Waals surface area contributed by atoms with Crippen LogP contribution in [-0.4, -0.2) is 40.6 Å². The molecule has 112 valence electrons. The maximum absolute atomic E-state index is 12.5. The standard InChI is InChI=1S/C13H21N3O2S2/c1-3-7-14-13(10-5-6-10,11(17)18-4-2)8-19-12-16-15-9-20-12/h9-10,14H,3-8H2,1-2H3. The molecule has 1 N–H and O–H groups in total.